The van der Waals surface area contributed by atoms with E-state index in [0.29, 0.717) is 19.3 Å². The first-order valence-electron chi connectivity index (χ1n) is 24.4. The van der Waals surface area contributed by atoms with E-state index in [1.807, 2.05) is 0 Å². The van der Waals surface area contributed by atoms with Crippen LogP contribution in [0.1, 0.15) is 201 Å². The summed E-state index contributed by atoms with van der Waals surface area (Å²) in [7, 11) is 0. The molecule has 6 heteroatoms. The molecule has 0 saturated heterocycles. The Morgan fingerprint density at radius 3 is 1.11 bits per heavy atom. The minimum absolute atomic E-state index is 0.104. The fourth-order valence-electron chi connectivity index (χ4n) is 6.09. The quantitative estimate of drug-likeness (QED) is 0.0264. The molecular formula is C55H88O6. The van der Waals surface area contributed by atoms with Gasteiger partial charge in [0.2, 0.25) is 0 Å². The molecule has 0 aliphatic carbocycles. The first-order valence-corrected chi connectivity index (χ1v) is 24.4. The van der Waals surface area contributed by atoms with Crippen LogP contribution in [0.25, 0.3) is 0 Å². The summed E-state index contributed by atoms with van der Waals surface area (Å²) in [6, 6.07) is 0. The van der Waals surface area contributed by atoms with Gasteiger partial charge in [-0.2, -0.15) is 0 Å². The van der Waals surface area contributed by atoms with Crippen LogP contribution in [0.4, 0.5) is 0 Å². The number of ether oxygens (including phenoxy) is 3. The van der Waals surface area contributed by atoms with Gasteiger partial charge in [-0.25, -0.2) is 0 Å². The number of hydrogen-bond donors (Lipinski definition) is 0. The van der Waals surface area contributed by atoms with Crippen molar-refractivity contribution in [2.75, 3.05) is 13.2 Å². The highest BCUT2D eigenvalue weighted by molar-refractivity contribution is 5.71. The third-order valence-electron chi connectivity index (χ3n) is 9.76. The summed E-state index contributed by atoms with van der Waals surface area (Å²) in [5.41, 5.74) is 0. The van der Waals surface area contributed by atoms with Crippen LogP contribution in [0.3, 0.4) is 0 Å². The van der Waals surface area contributed by atoms with Crippen molar-refractivity contribution in [1.29, 1.82) is 0 Å². The molecule has 0 saturated carbocycles. The second kappa shape index (κ2) is 48.7. The van der Waals surface area contributed by atoms with Gasteiger partial charge in [0.1, 0.15) is 13.2 Å². The van der Waals surface area contributed by atoms with E-state index < -0.39 is 6.10 Å². The second-order valence-electron chi connectivity index (χ2n) is 15.6. The van der Waals surface area contributed by atoms with Crippen molar-refractivity contribution in [3.05, 3.63) is 109 Å². The third-order valence-corrected chi connectivity index (χ3v) is 9.76. The predicted octanol–water partition coefficient (Wildman–Crippen LogP) is 16.0. The topological polar surface area (TPSA) is 78.9 Å². The summed E-state index contributed by atoms with van der Waals surface area (Å²) in [6.07, 6.45) is 65.3. The van der Waals surface area contributed by atoms with E-state index in [1.165, 1.54) is 38.5 Å². The van der Waals surface area contributed by atoms with E-state index in [9.17, 15) is 14.4 Å². The van der Waals surface area contributed by atoms with Crippen LogP contribution in [0, 0.1) is 0 Å². The van der Waals surface area contributed by atoms with Gasteiger partial charge in [0.15, 0.2) is 6.10 Å². The molecule has 0 aliphatic rings. The first-order chi connectivity index (χ1) is 30.0. The van der Waals surface area contributed by atoms with E-state index in [-0.39, 0.29) is 37.5 Å². The lowest BCUT2D eigenvalue weighted by molar-refractivity contribution is -0.167. The van der Waals surface area contributed by atoms with Gasteiger partial charge in [0, 0.05) is 19.3 Å². The van der Waals surface area contributed by atoms with Crippen LogP contribution in [-0.2, 0) is 28.6 Å². The first kappa shape index (κ1) is 57.1. The van der Waals surface area contributed by atoms with E-state index in [2.05, 4.69) is 130 Å². The SMILES string of the molecule is CC/C=C\C/C=C\C/C=C\C/C=C\C/C=C\C/C=C\C/C=C\CCCC(=O)OCC(COC(=O)CCCCCCCC)OC(=O)CCCCCCC/C=C\C/C=C\CCCC. The van der Waals surface area contributed by atoms with Gasteiger partial charge in [-0.05, 0) is 96.3 Å². The van der Waals surface area contributed by atoms with Crippen molar-refractivity contribution >= 4 is 17.9 Å². The summed E-state index contributed by atoms with van der Waals surface area (Å²) in [5, 5.41) is 0. The van der Waals surface area contributed by atoms with Crippen LogP contribution < -0.4 is 0 Å². The Labute approximate surface area is 374 Å². The Kier molecular flexibility index (Phi) is 45.6. The van der Waals surface area contributed by atoms with Gasteiger partial charge in [0.05, 0.1) is 0 Å². The van der Waals surface area contributed by atoms with E-state index >= 15 is 0 Å². The smallest absolute Gasteiger partial charge is 0.306 e. The zero-order valence-electron chi connectivity index (χ0n) is 39.1. The monoisotopic (exact) mass is 845 g/mol. The lowest BCUT2D eigenvalue weighted by Gasteiger charge is -2.18. The van der Waals surface area contributed by atoms with Crippen molar-refractivity contribution in [2.45, 2.75) is 207 Å². The Morgan fingerprint density at radius 2 is 0.672 bits per heavy atom. The molecule has 0 heterocycles. The van der Waals surface area contributed by atoms with Crippen LogP contribution >= 0.6 is 0 Å². The lowest BCUT2D eigenvalue weighted by Crippen LogP contribution is -2.30. The minimum atomic E-state index is -0.806. The summed E-state index contributed by atoms with van der Waals surface area (Å²) in [5.74, 6) is -1.000. The molecule has 0 aromatic carbocycles. The normalized spacial score (nSPS) is 13.0. The Bertz CT molecular complexity index is 1290. The predicted molar refractivity (Wildman–Crippen MR) is 260 cm³/mol. The van der Waals surface area contributed by atoms with Gasteiger partial charge in [-0.1, -0.05) is 194 Å². The van der Waals surface area contributed by atoms with Gasteiger partial charge in [0.25, 0.3) is 0 Å². The Hall–Kier alpha value is -3.93. The number of hydrogen-bond acceptors (Lipinski definition) is 6. The third kappa shape index (κ3) is 47.0. The van der Waals surface area contributed by atoms with Crippen molar-refractivity contribution in [3.8, 4) is 0 Å². The fourth-order valence-corrected chi connectivity index (χ4v) is 6.09. The molecule has 0 aromatic rings. The molecule has 0 amide bonds. The molecule has 6 nitrogen and oxygen atoms in total. The largest absolute Gasteiger partial charge is 0.462 e. The fraction of sp³-hybridized carbons (Fsp3) is 0.618. The van der Waals surface area contributed by atoms with E-state index in [0.717, 1.165) is 116 Å². The van der Waals surface area contributed by atoms with Crippen LogP contribution in [0.15, 0.2) is 109 Å². The van der Waals surface area contributed by atoms with Crippen molar-refractivity contribution in [1.82, 2.24) is 0 Å². The van der Waals surface area contributed by atoms with E-state index in [1.54, 1.807) is 0 Å². The summed E-state index contributed by atoms with van der Waals surface area (Å²) >= 11 is 0. The summed E-state index contributed by atoms with van der Waals surface area (Å²) < 4.78 is 16.6. The van der Waals surface area contributed by atoms with Crippen LogP contribution in [0.2, 0.25) is 0 Å². The summed E-state index contributed by atoms with van der Waals surface area (Å²) in [4.78, 5) is 37.6. The van der Waals surface area contributed by atoms with Crippen molar-refractivity contribution in [2.24, 2.45) is 0 Å². The highest BCUT2D eigenvalue weighted by Crippen LogP contribution is 2.12. The molecule has 0 spiro atoms. The Balaban J connectivity index is 4.37. The molecule has 0 bridgehead atoms. The van der Waals surface area contributed by atoms with Gasteiger partial charge in [-0.3, -0.25) is 14.4 Å². The second-order valence-corrected chi connectivity index (χ2v) is 15.6. The van der Waals surface area contributed by atoms with Gasteiger partial charge in [-0.15, -0.1) is 0 Å². The van der Waals surface area contributed by atoms with Crippen LogP contribution in [-0.4, -0.2) is 37.2 Å². The average molecular weight is 845 g/mol. The molecule has 1 unspecified atom stereocenters. The van der Waals surface area contributed by atoms with Crippen molar-refractivity contribution in [3.63, 3.8) is 0 Å². The molecular weight excluding hydrogens is 757 g/mol. The maximum Gasteiger partial charge on any atom is 0.306 e. The molecule has 0 aromatic heterocycles. The summed E-state index contributed by atoms with van der Waals surface area (Å²) in [6.45, 7) is 6.33. The minimum Gasteiger partial charge on any atom is -0.462 e. The van der Waals surface area contributed by atoms with Crippen LogP contribution in [0.5, 0.6) is 0 Å². The van der Waals surface area contributed by atoms with E-state index in [4.69, 9.17) is 14.2 Å². The molecule has 0 fully saturated rings. The number of carbonyl (C=O) groups excluding carboxylic acids is 3. The number of rotatable bonds is 42. The Morgan fingerprint density at radius 1 is 0.344 bits per heavy atom. The highest BCUT2D eigenvalue weighted by Gasteiger charge is 2.19. The number of carbonyl (C=O) groups is 3. The maximum absolute atomic E-state index is 12.7. The number of esters is 3. The van der Waals surface area contributed by atoms with Crippen molar-refractivity contribution < 1.29 is 28.6 Å². The number of unbranched alkanes of at least 4 members (excludes halogenated alkanes) is 13. The standard InChI is InChI=1S/C55H88O6/c1-4-7-10-13-16-18-20-22-24-25-26-27-28-29-30-31-32-34-35-37-39-42-45-48-54(57)60-51-52(50-59-53(56)47-44-41-15-12-9-6-3)61-55(58)49-46-43-40-38-36-33-23-21-19-17-14-11-8-5-2/h7,10,14,16-18,21-24,26-27,29-30,32,34,37,39,52H,4-6,8-9,11-13,15,19-20,25,28,31,33,35-36,38,40-51H2,1-3H3/b10-7-,17-14-,18-16-,23-21-,24-22-,27-26-,30-29-,34-32-,39-37-. The number of allylic oxidation sites excluding steroid dienone is 18. The zero-order chi connectivity index (χ0) is 44.4. The molecule has 0 rings (SSSR count). The molecule has 344 valence electrons. The molecule has 0 aliphatic heterocycles. The molecule has 0 N–H and O–H groups in total. The molecule has 0 radical (unpaired) electrons. The lowest BCUT2D eigenvalue weighted by atomic mass is 10.1. The average Bonchev–Trinajstić information content (AvgIpc) is 3.26. The van der Waals surface area contributed by atoms with Gasteiger partial charge >= 0.3 is 17.9 Å². The maximum atomic E-state index is 12.7. The van der Waals surface area contributed by atoms with Gasteiger partial charge < -0.3 is 14.2 Å². The molecule has 61 heavy (non-hydrogen) atoms. The zero-order valence-corrected chi connectivity index (χ0v) is 39.1. The highest BCUT2D eigenvalue weighted by atomic mass is 16.6. The molecule has 1 atom stereocenters.